The summed E-state index contributed by atoms with van der Waals surface area (Å²) in [6.07, 6.45) is 2.31. The van der Waals surface area contributed by atoms with Crippen LogP contribution in [0.1, 0.15) is 54.3 Å². The topological polar surface area (TPSA) is 62.7 Å². The fourth-order valence-electron chi connectivity index (χ4n) is 4.45. The smallest absolute Gasteiger partial charge is 0.317 e. The van der Waals surface area contributed by atoms with Gasteiger partial charge in [-0.3, -0.25) is 9.69 Å². The Kier molecular flexibility index (Phi) is 9.93. The number of halogens is 1. The summed E-state index contributed by atoms with van der Waals surface area (Å²) in [6.45, 7) is 5.89. The lowest BCUT2D eigenvalue weighted by Crippen LogP contribution is -2.28. The summed E-state index contributed by atoms with van der Waals surface area (Å²) in [5.41, 5.74) is 5.41. The molecule has 0 saturated carbocycles. The van der Waals surface area contributed by atoms with Gasteiger partial charge in [0.2, 0.25) is 0 Å². The molecule has 1 aromatic heterocycles. The van der Waals surface area contributed by atoms with Crippen molar-refractivity contribution in [2.45, 2.75) is 52.3 Å². The van der Waals surface area contributed by atoms with E-state index < -0.39 is 5.97 Å². The van der Waals surface area contributed by atoms with Crippen molar-refractivity contribution < 1.29 is 14.6 Å². The fourth-order valence-corrected chi connectivity index (χ4v) is 5.42. The fraction of sp³-hybridized carbons (Fsp3) is 0.290. The lowest BCUT2D eigenvalue weighted by Gasteiger charge is -2.19. The van der Waals surface area contributed by atoms with Gasteiger partial charge in [-0.25, -0.2) is 4.98 Å². The van der Waals surface area contributed by atoms with Gasteiger partial charge >= 0.3 is 5.97 Å². The van der Waals surface area contributed by atoms with Crippen LogP contribution in [-0.4, -0.2) is 27.5 Å². The minimum Gasteiger partial charge on any atom is -0.489 e. The summed E-state index contributed by atoms with van der Waals surface area (Å²) in [6, 6.07) is 24.1. The summed E-state index contributed by atoms with van der Waals surface area (Å²) >= 11 is 7.51. The molecule has 198 valence electrons. The molecule has 0 saturated heterocycles. The Labute approximate surface area is 233 Å². The second kappa shape index (κ2) is 13.6. The summed E-state index contributed by atoms with van der Waals surface area (Å²) < 4.78 is 6.01. The Morgan fingerprint density at radius 2 is 1.61 bits per heavy atom. The zero-order valence-corrected chi connectivity index (χ0v) is 23.3. The van der Waals surface area contributed by atoms with Crippen LogP contribution in [0.3, 0.4) is 0 Å². The molecule has 0 bridgehead atoms. The third-order valence-electron chi connectivity index (χ3n) is 6.58. The molecule has 0 amide bonds. The van der Waals surface area contributed by atoms with E-state index in [9.17, 15) is 9.90 Å². The maximum atomic E-state index is 11.4. The Bertz CT molecular complexity index is 1300. The van der Waals surface area contributed by atoms with Crippen molar-refractivity contribution in [3.8, 4) is 17.0 Å². The molecule has 3 aromatic carbocycles. The second-order valence-electron chi connectivity index (χ2n) is 9.36. The molecule has 0 atom stereocenters. The summed E-state index contributed by atoms with van der Waals surface area (Å²) in [7, 11) is 0. The minimum atomic E-state index is -0.867. The van der Waals surface area contributed by atoms with Crippen LogP contribution < -0.4 is 4.74 Å². The van der Waals surface area contributed by atoms with Gasteiger partial charge in [-0.05, 0) is 71.8 Å². The van der Waals surface area contributed by atoms with Crippen molar-refractivity contribution in [2.24, 2.45) is 0 Å². The van der Waals surface area contributed by atoms with Crippen LogP contribution in [-0.2, 0) is 24.5 Å². The third-order valence-corrected chi connectivity index (χ3v) is 7.67. The van der Waals surface area contributed by atoms with Crippen LogP contribution in [0.5, 0.6) is 5.75 Å². The lowest BCUT2D eigenvalue weighted by atomic mass is 9.93. The molecule has 5 nitrogen and oxygen atoms in total. The largest absolute Gasteiger partial charge is 0.489 e. The number of rotatable bonds is 13. The molecular formula is C31H33ClN2O3S. The van der Waals surface area contributed by atoms with Crippen molar-refractivity contribution in [1.29, 1.82) is 0 Å². The van der Waals surface area contributed by atoms with Gasteiger partial charge in [-0.15, -0.1) is 11.3 Å². The van der Waals surface area contributed by atoms with Gasteiger partial charge in [0.05, 0.1) is 18.8 Å². The molecule has 7 heteroatoms. The number of nitrogens with zero attached hydrogens (tertiary/aromatic N) is 2. The van der Waals surface area contributed by atoms with Gasteiger partial charge in [-0.2, -0.15) is 0 Å². The molecule has 38 heavy (non-hydrogen) atoms. The highest BCUT2D eigenvalue weighted by atomic mass is 35.5. The molecule has 0 radical (unpaired) electrons. The quantitative estimate of drug-likeness (QED) is 0.183. The monoisotopic (exact) mass is 548 g/mol. The molecule has 0 unspecified atom stereocenters. The van der Waals surface area contributed by atoms with Crippen molar-refractivity contribution in [2.75, 3.05) is 6.54 Å². The number of hydrogen-bond acceptors (Lipinski definition) is 5. The average Bonchev–Trinajstić information content (AvgIpc) is 3.38. The van der Waals surface area contributed by atoms with Gasteiger partial charge < -0.3 is 9.84 Å². The normalized spacial score (nSPS) is 11.3. The molecular weight excluding hydrogens is 516 g/mol. The van der Waals surface area contributed by atoms with E-state index in [-0.39, 0.29) is 6.54 Å². The molecule has 0 aliphatic carbocycles. The number of carboxylic acids is 1. The van der Waals surface area contributed by atoms with Crippen LogP contribution in [0.15, 0.2) is 78.2 Å². The maximum Gasteiger partial charge on any atom is 0.317 e. The van der Waals surface area contributed by atoms with Crippen LogP contribution >= 0.6 is 22.9 Å². The molecule has 0 spiro atoms. The Morgan fingerprint density at radius 3 is 2.24 bits per heavy atom. The first kappa shape index (κ1) is 27.8. The van der Waals surface area contributed by atoms with Crippen LogP contribution in [0.4, 0.5) is 0 Å². The molecule has 1 heterocycles. The Balaban J connectivity index is 1.35. The van der Waals surface area contributed by atoms with Gasteiger partial charge in [0.1, 0.15) is 17.4 Å². The number of carboxylic acid groups (broad SMARTS) is 1. The first-order valence-corrected chi connectivity index (χ1v) is 14.1. The zero-order chi connectivity index (χ0) is 26.9. The van der Waals surface area contributed by atoms with Crippen molar-refractivity contribution in [1.82, 2.24) is 9.88 Å². The molecule has 0 aliphatic rings. The van der Waals surface area contributed by atoms with E-state index in [1.165, 1.54) is 16.9 Å². The van der Waals surface area contributed by atoms with Gasteiger partial charge in [-0.1, -0.05) is 61.8 Å². The maximum absolute atomic E-state index is 11.4. The highest BCUT2D eigenvalue weighted by Crippen LogP contribution is 2.27. The van der Waals surface area contributed by atoms with Gasteiger partial charge in [0.15, 0.2) is 0 Å². The van der Waals surface area contributed by atoms with E-state index in [0.29, 0.717) is 30.6 Å². The van der Waals surface area contributed by atoms with E-state index >= 15 is 0 Å². The van der Waals surface area contributed by atoms with Crippen LogP contribution in [0.2, 0.25) is 5.02 Å². The predicted molar refractivity (Wildman–Crippen MR) is 155 cm³/mol. The molecule has 1 N–H and O–H groups in total. The summed E-state index contributed by atoms with van der Waals surface area (Å²) in [5, 5.41) is 12.9. The number of aliphatic carboxylic acids is 1. The van der Waals surface area contributed by atoms with Crippen LogP contribution in [0.25, 0.3) is 11.3 Å². The number of thiazole rings is 1. The molecule has 4 aromatic rings. The van der Waals surface area contributed by atoms with E-state index in [4.69, 9.17) is 21.3 Å². The number of benzene rings is 3. The SMILES string of the molecule is CCC(CC)c1ccc(COc2ccc(-c3csc(CN(CC(=O)O)Cc4ccc(Cl)cc4)n3)cc2)cc1. The highest BCUT2D eigenvalue weighted by molar-refractivity contribution is 7.09. The minimum absolute atomic E-state index is 0.0654. The molecule has 0 aliphatic heterocycles. The highest BCUT2D eigenvalue weighted by Gasteiger charge is 2.14. The standard InChI is InChI=1S/C31H33ClN2O3S/c1-3-24(4-2)25-9-5-23(6-10-25)20-37-28-15-11-26(12-16-28)29-21-38-30(33-29)18-34(19-31(35)36)17-22-7-13-27(32)14-8-22/h5-16,21,24H,3-4,17-20H2,1-2H3,(H,35,36). The molecule has 4 rings (SSSR count). The number of ether oxygens (including phenoxy) is 1. The predicted octanol–water partition coefficient (Wildman–Crippen LogP) is 8.03. The summed E-state index contributed by atoms with van der Waals surface area (Å²) in [5.74, 6) is 0.560. The second-order valence-corrected chi connectivity index (χ2v) is 10.7. The van der Waals surface area contributed by atoms with Gasteiger partial charge in [0, 0.05) is 22.5 Å². The van der Waals surface area contributed by atoms with Crippen molar-refractivity contribution >= 4 is 28.9 Å². The number of aromatic nitrogens is 1. The third kappa shape index (κ3) is 7.90. The Morgan fingerprint density at radius 1 is 0.947 bits per heavy atom. The van der Waals surface area contributed by atoms with E-state index in [1.807, 2.05) is 58.8 Å². The van der Waals surface area contributed by atoms with Crippen LogP contribution in [0, 0.1) is 0 Å². The number of carbonyl (C=O) groups is 1. The van der Waals surface area contributed by atoms with E-state index in [0.717, 1.165) is 46.0 Å². The summed E-state index contributed by atoms with van der Waals surface area (Å²) in [4.78, 5) is 18.1. The zero-order valence-electron chi connectivity index (χ0n) is 21.8. The Hall–Kier alpha value is -3.19. The average molecular weight is 549 g/mol. The first-order chi connectivity index (χ1) is 18.4. The molecule has 0 fully saturated rings. The van der Waals surface area contributed by atoms with Gasteiger partial charge in [0.25, 0.3) is 0 Å². The first-order valence-electron chi connectivity index (χ1n) is 12.9. The lowest BCUT2D eigenvalue weighted by molar-refractivity contribution is -0.138. The van der Waals surface area contributed by atoms with Crippen molar-refractivity contribution in [3.05, 3.63) is 105 Å². The van der Waals surface area contributed by atoms with Crippen molar-refractivity contribution in [3.63, 3.8) is 0 Å². The van der Waals surface area contributed by atoms with E-state index in [2.05, 4.69) is 38.1 Å². The number of hydrogen-bond donors (Lipinski definition) is 1. The van der Waals surface area contributed by atoms with E-state index in [1.54, 1.807) is 0 Å².